The van der Waals surface area contributed by atoms with E-state index < -0.39 is 16.4 Å². The number of esters is 3. The first-order valence-electron chi connectivity index (χ1n) is 16.8. The maximum atomic E-state index is 14.1. The molecule has 1 saturated carbocycles. The number of carbonyl (C=O) groups is 3. The minimum absolute atomic E-state index is 0.0000775. The first-order valence-corrected chi connectivity index (χ1v) is 16.8. The third-order valence-corrected chi connectivity index (χ3v) is 11.0. The lowest BCUT2D eigenvalue weighted by atomic mass is 9.66. The molecule has 0 spiro atoms. The van der Waals surface area contributed by atoms with Crippen LogP contribution < -0.4 is 0 Å². The molecule has 7 nitrogen and oxygen atoms in total. The lowest BCUT2D eigenvalue weighted by molar-refractivity contribution is -0.204. The van der Waals surface area contributed by atoms with Gasteiger partial charge < -0.3 is 18.9 Å². The van der Waals surface area contributed by atoms with Gasteiger partial charge in [0.1, 0.15) is 6.10 Å². The van der Waals surface area contributed by atoms with Crippen molar-refractivity contribution < 1.29 is 33.3 Å². The average Bonchev–Trinajstić information content (AvgIpc) is 3.30. The van der Waals surface area contributed by atoms with Crippen molar-refractivity contribution in [3.8, 4) is 0 Å². The lowest BCUT2D eigenvalue weighted by Gasteiger charge is -2.44. The van der Waals surface area contributed by atoms with E-state index >= 15 is 0 Å². The SMILES string of the molecule is CCCCCC[C@@H]1C[C@H](OC(=O)[C@@]23CC[C@@](C)(C(=O)O2)C3(C)C)[C@H](CCCCCCCC(=O)OC)[C@H](c2ccccc2)O1. The molecule has 2 bridgehead atoms. The van der Waals surface area contributed by atoms with Gasteiger partial charge in [0.25, 0.3) is 0 Å². The average molecular weight is 599 g/mol. The molecular formula is C36H54O7. The Labute approximate surface area is 258 Å². The van der Waals surface area contributed by atoms with Crippen molar-refractivity contribution in [2.75, 3.05) is 7.11 Å². The third-order valence-electron chi connectivity index (χ3n) is 11.0. The summed E-state index contributed by atoms with van der Waals surface area (Å²) in [7, 11) is 1.43. The highest BCUT2D eigenvalue weighted by molar-refractivity contribution is 5.93. The van der Waals surface area contributed by atoms with Crippen molar-refractivity contribution in [3.63, 3.8) is 0 Å². The van der Waals surface area contributed by atoms with Crippen LogP contribution in [0, 0.1) is 16.7 Å². The summed E-state index contributed by atoms with van der Waals surface area (Å²) in [5, 5.41) is 0. The highest BCUT2D eigenvalue weighted by Gasteiger charge is 2.76. The fourth-order valence-corrected chi connectivity index (χ4v) is 7.64. The van der Waals surface area contributed by atoms with E-state index in [9.17, 15) is 14.4 Å². The summed E-state index contributed by atoms with van der Waals surface area (Å²) in [5.41, 5.74) is -1.44. The van der Waals surface area contributed by atoms with Crippen LogP contribution in [0.4, 0.5) is 0 Å². The Morgan fingerprint density at radius 2 is 1.58 bits per heavy atom. The van der Waals surface area contributed by atoms with E-state index in [4.69, 9.17) is 18.9 Å². The molecule has 2 aliphatic heterocycles. The van der Waals surface area contributed by atoms with Gasteiger partial charge in [0.2, 0.25) is 5.60 Å². The van der Waals surface area contributed by atoms with Gasteiger partial charge >= 0.3 is 17.9 Å². The van der Waals surface area contributed by atoms with E-state index in [1.165, 1.54) is 26.4 Å². The highest BCUT2D eigenvalue weighted by Crippen LogP contribution is 2.66. The zero-order valence-electron chi connectivity index (χ0n) is 27.2. The maximum absolute atomic E-state index is 14.1. The summed E-state index contributed by atoms with van der Waals surface area (Å²) < 4.78 is 24.1. The van der Waals surface area contributed by atoms with Crippen LogP contribution in [0.3, 0.4) is 0 Å². The van der Waals surface area contributed by atoms with Crippen molar-refractivity contribution >= 4 is 17.9 Å². The number of unbranched alkanes of at least 4 members (excludes halogenated alkanes) is 7. The fraction of sp³-hybridized carbons (Fsp3) is 0.750. The van der Waals surface area contributed by atoms with Crippen LogP contribution in [0.5, 0.6) is 0 Å². The molecule has 3 aliphatic rings. The summed E-state index contributed by atoms with van der Waals surface area (Å²) in [6.07, 6.45) is 13.1. The van der Waals surface area contributed by atoms with E-state index in [-0.39, 0.29) is 42.1 Å². The number of benzene rings is 1. The maximum Gasteiger partial charge on any atom is 0.351 e. The van der Waals surface area contributed by atoms with Gasteiger partial charge in [-0.3, -0.25) is 9.59 Å². The number of hydrogen-bond acceptors (Lipinski definition) is 7. The molecule has 3 fully saturated rings. The molecule has 240 valence electrons. The van der Waals surface area contributed by atoms with E-state index in [0.29, 0.717) is 25.7 Å². The van der Waals surface area contributed by atoms with Crippen molar-refractivity contribution in [2.24, 2.45) is 16.7 Å². The number of methoxy groups -OCH3 is 1. The summed E-state index contributed by atoms with van der Waals surface area (Å²) in [4.78, 5) is 38.5. The van der Waals surface area contributed by atoms with Gasteiger partial charge in [-0.2, -0.15) is 0 Å². The lowest BCUT2D eigenvalue weighted by Crippen LogP contribution is -2.52. The smallest absolute Gasteiger partial charge is 0.351 e. The van der Waals surface area contributed by atoms with Crippen LogP contribution in [-0.2, 0) is 33.3 Å². The molecule has 1 aromatic carbocycles. The first kappa shape index (κ1) is 33.5. The van der Waals surface area contributed by atoms with Crippen LogP contribution in [-0.4, -0.2) is 42.8 Å². The molecule has 7 heteroatoms. The molecule has 0 unspecified atom stereocenters. The van der Waals surface area contributed by atoms with Crippen LogP contribution in [0.1, 0.15) is 136 Å². The molecule has 0 aromatic heterocycles. The fourth-order valence-electron chi connectivity index (χ4n) is 7.64. The van der Waals surface area contributed by atoms with Gasteiger partial charge in [-0.25, -0.2) is 4.79 Å². The van der Waals surface area contributed by atoms with E-state index in [1.54, 1.807) is 0 Å². The second-order valence-corrected chi connectivity index (χ2v) is 13.8. The number of fused-ring (bicyclic) bond motifs is 2. The zero-order chi connectivity index (χ0) is 31.1. The van der Waals surface area contributed by atoms with Crippen molar-refractivity contribution in [2.45, 2.75) is 148 Å². The Morgan fingerprint density at radius 3 is 2.23 bits per heavy atom. The predicted octanol–water partition coefficient (Wildman–Crippen LogP) is 8.04. The number of ether oxygens (including phenoxy) is 4. The van der Waals surface area contributed by atoms with Gasteiger partial charge in [-0.15, -0.1) is 0 Å². The molecule has 2 heterocycles. The van der Waals surface area contributed by atoms with E-state index in [2.05, 4.69) is 19.1 Å². The summed E-state index contributed by atoms with van der Waals surface area (Å²) >= 11 is 0. The van der Waals surface area contributed by atoms with Crippen molar-refractivity contribution in [1.29, 1.82) is 0 Å². The molecule has 0 amide bonds. The minimum Gasteiger partial charge on any atom is -0.469 e. The number of hydrogen-bond donors (Lipinski definition) is 0. The Morgan fingerprint density at radius 1 is 0.907 bits per heavy atom. The molecule has 6 atom stereocenters. The molecule has 2 saturated heterocycles. The second kappa shape index (κ2) is 14.6. The molecule has 43 heavy (non-hydrogen) atoms. The Hall–Kier alpha value is -2.41. The normalized spacial score (nSPS) is 31.0. The summed E-state index contributed by atoms with van der Waals surface area (Å²) in [5.74, 6) is -0.828. The Bertz CT molecular complexity index is 1080. The largest absolute Gasteiger partial charge is 0.469 e. The number of rotatable bonds is 16. The van der Waals surface area contributed by atoms with Crippen LogP contribution in [0.2, 0.25) is 0 Å². The quantitative estimate of drug-likeness (QED) is 0.108. The van der Waals surface area contributed by atoms with Gasteiger partial charge in [-0.05, 0) is 44.6 Å². The van der Waals surface area contributed by atoms with Crippen LogP contribution >= 0.6 is 0 Å². The van der Waals surface area contributed by atoms with Crippen LogP contribution in [0.15, 0.2) is 30.3 Å². The highest BCUT2D eigenvalue weighted by atomic mass is 16.6. The zero-order valence-corrected chi connectivity index (χ0v) is 27.2. The standard InChI is InChI=1S/C36H54O7/c1-6-7-8-15-20-27-25-29(42-33(39)36-24-23-35(4,32(38)43-36)34(36,2)3)28(31(41-27)26-18-13-12-14-19-26)21-16-10-9-11-17-22-30(37)40-5/h12-14,18-19,27-29,31H,6-11,15-17,20-25H2,1-5H3/t27-,28+,29+,31+,35+,36-/m1/s1. The van der Waals surface area contributed by atoms with Gasteiger partial charge in [-0.1, -0.05) is 102 Å². The van der Waals surface area contributed by atoms with Gasteiger partial charge in [0.15, 0.2) is 0 Å². The predicted molar refractivity (Wildman–Crippen MR) is 165 cm³/mol. The molecule has 1 aliphatic carbocycles. The minimum atomic E-state index is -1.24. The van der Waals surface area contributed by atoms with E-state index in [1.807, 2.05) is 39.0 Å². The molecular weight excluding hydrogens is 544 g/mol. The van der Waals surface area contributed by atoms with Crippen molar-refractivity contribution in [3.05, 3.63) is 35.9 Å². The summed E-state index contributed by atoms with van der Waals surface area (Å²) in [6.45, 7) is 8.11. The summed E-state index contributed by atoms with van der Waals surface area (Å²) in [6, 6.07) is 10.3. The Balaban J connectivity index is 1.51. The monoisotopic (exact) mass is 598 g/mol. The molecule has 4 rings (SSSR count). The topological polar surface area (TPSA) is 88.1 Å². The molecule has 1 aromatic rings. The number of carbonyl (C=O) groups excluding carboxylic acids is 3. The van der Waals surface area contributed by atoms with Gasteiger partial charge in [0.05, 0.1) is 24.7 Å². The third kappa shape index (κ3) is 6.97. The molecule has 0 N–H and O–H groups in total. The van der Waals surface area contributed by atoms with Crippen LogP contribution in [0.25, 0.3) is 0 Å². The first-order chi connectivity index (χ1) is 20.6. The second-order valence-electron chi connectivity index (χ2n) is 13.8. The Kier molecular flexibility index (Phi) is 11.4. The van der Waals surface area contributed by atoms with Gasteiger partial charge in [0, 0.05) is 24.2 Å². The van der Waals surface area contributed by atoms with E-state index in [0.717, 1.165) is 56.9 Å². The van der Waals surface area contributed by atoms with Crippen molar-refractivity contribution in [1.82, 2.24) is 0 Å². The molecule has 0 radical (unpaired) electrons.